The zero-order valence-corrected chi connectivity index (χ0v) is 10.2. The Morgan fingerprint density at radius 1 is 1.31 bits per heavy atom. The van der Waals surface area contributed by atoms with Crippen LogP contribution >= 0.6 is 22.9 Å². The molecular formula is C13H9ClOS. The molecule has 16 heavy (non-hydrogen) atoms. The first-order chi connectivity index (χ1) is 7.77. The Morgan fingerprint density at radius 3 is 2.62 bits per heavy atom. The molecule has 1 atom stereocenters. The molecule has 80 valence electrons. The van der Waals surface area contributed by atoms with E-state index in [9.17, 15) is 0 Å². The second kappa shape index (κ2) is 7.00. The van der Waals surface area contributed by atoms with E-state index in [1.165, 1.54) is 11.3 Å². The lowest BCUT2D eigenvalue weighted by molar-refractivity contribution is 0.307. The van der Waals surface area contributed by atoms with Crippen LogP contribution in [0, 0.1) is 35.5 Å². The van der Waals surface area contributed by atoms with Gasteiger partial charge in [0.15, 0.2) is 0 Å². The van der Waals surface area contributed by atoms with Crippen molar-refractivity contribution in [3.8, 4) is 35.5 Å². The average molecular weight is 249 g/mol. The first-order valence-electron chi connectivity index (χ1n) is 4.53. The van der Waals surface area contributed by atoms with Crippen molar-refractivity contribution in [2.45, 2.75) is 12.3 Å². The van der Waals surface area contributed by atoms with Crippen LogP contribution in [-0.4, -0.2) is 17.1 Å². The predicted octanol–water partition coefficient (Wildman–Crippen LogP) is 2.07. The zero-order chi connectivity index (χ0) is 11.8. The fourth-order valence-corrected chi connectivity index (χ4v) is 1.62. The summed E-state index contributed by atoms with van der Waals surface area (Å²) in [6, 6.07) is 0. The molecule has 1 aromatic heterocycles. The van der Waals surface area contributed by atoms with E-state index in [1.807, 2.05) is 10.8 Å². The Morgan fingerprint density at radius 2 is 2.00 bits per heavy atom. The quantitative estimate of drug-likeness (QED) is 0.596. The number of aliphatic hydroxyl groups excluding tert-OH is 1. The number of halogens is 1. The number of rotatable bonds is 1. The minimum absolute atomic E-state index is 0.152. The van der Waals surface area contributed by atoms with Gasteiger partial charge in [-0.05, 0) is 18.8 Å². The molecule has 0 amide bonds. The number of aliphatic hydroxyl groups is 1. The van der Waals surface area contributed by atoms with Crippen molar-refractivity contribution < 1.29 is 5.11 Å². The summed E-state index contributed by atoms with van der Waals surface area (Å²) in [7, 11) is 0. The van der Waals surface area contributed by atoms with Crippen molar-refractivity contribution >= 4 is 22.9 Å². The third-order valence-corrected chi connectivity index (χ3v) is 2.56. The smallest absolute Gasteiger partial charge is 0.118 e. The predicted molar refractivity (Wildman–Crippen MR) is 68.3 cm³/mol. The standard InChI is InChI=1S/C13H9ClOS/c1-2-3-4-5-11-9-16-10-12(11)6-7-13(14)8-15/h9-10,13,15H,8H2,1H3. The Hall–Kier alpha value is -1.37. The van der Waals surface area contributed by atoms with Gasteiger partial charge in [0, 0.05) is 10.8 Å². The van der Waals surface area contributed by atoms with E-state index in [2.05, 4.69) is 35.5 Å². The Bertz CT molecular complexity index is 525. The van der Waals surface area contributed by atoms with E-state index in [-0.39, 0.29) is 6.61 Å². The summed E-state index contributed by atoms with van der Waals surface area (Å²) in [5, 5.41) is 12.0. The van der Waals surface area contributed by atoms with Crippen LogP contribution in [0.15, 0.2) is 10.8 Å². The maximum Gasteiger partial charge on any atom is 0.118 e. The van der Waals surface area contributed by atoms with Crippen LogP contribution in [0.3, 0.4) is 0 Å². The lowest BCUT2D eigenvalue weighted by Gasteiger charge is -1.91. The lowest BCUT2D eigenvalue weighted by Crippen LogP contribution is -1.99. The second-order valence-electron chi connectivity index (χ2n) is 2.74. The van der Waals surface area contributed by atoms with Crippen LogP contribution in [0.4, 0.5) is 0 Å². The molecule has 3 heteroatoms. The van der Waals surface area contributed by atoms with Crippen LogP contribution < -0.4 is 0 Å². The van der Waals surface area contributed by atoms with Gasteiger partial charge in [-0.25, -0.2) is 0 Å². The van der Waals surface area contributed by atoms with E-state index in [0.717, 1.165) is 11.1 Å². The Labute approximate surface area is 104 Å². The fraction of sp³-hybridized carbons (Fsp3) is 0.231. The van der Waals surface area contributed by atoms with Crippen LogP contribution in [-0.2, 0) is 0 Å². The Kier molecular flexibility index (Phi) is 5.55. The minimum Gasteiger partial charge on any atom is -0.394 e. The molecule has 0 aromatic carbocycles. The molecule has 0 spiro atoms. The average Bonchev–Trinajstić information content (AvgIpc) is 2.74. The number of thiophene rings is 1. The number of hydrogen-bond donors (Lipinski definition) is 1. The largest absolute Gasteiger partial charge is 0.394 e. The summed E-state index contributed by atoms with van der Waals surface area (Å²) < 4.78 is 0. The summed E-state index contributed by atoms with van der Waals surface area (Å²) in [4.78, 5) is 0. The molecule has 0 saturated carbocycles. The third kappa shape index (κ3) is 4.01. The molecule has 1 rings (SSSR count). The number of alkyl halides is 1. The molecule has 0 aliphatic heterocycles. The topological polar surface area (TPSA) is 20.2 Å². The molecular weight excluding hydrogens is 240 g/mol. The molecule has 0 saturated heterocycles. The Balaban J connectivity index is 2.89. The van der Waals surface area contributed by atoms with Crippen LogP contribution in [0.5, 0.6) is 0 Å². The van der Waals surface area contributed by atoms with Crippen molar-refractivity contribution in [1.82, 2.24) is 0 Å². The van der Waals surface area contributed by atoms with Gasteiger partial charge in [-0.3, -0.25) is 0 Å². The molecule has 0 bridgehead atoms. The van der Waals surface area contributed by atoms with E-state index < -0.39 is 5.38 Å². The van der Waals surface area contributed by atoms with Gasteiger partial charge in [0.25, 0.3) is 0 Å². The van der Waals surface area contributed by atoms with Crippen molar-refractivity contribution in [1.29, 1.82) is 0 Å². The van der Waals surface area contributed by atoms with Gasteiger partial charge in [0.05, 0.1) is 17.7 Å². The minimum atomic E-state index is -0.531. The maximum atomic E-state index is 8.73. The van der Waals surface area contributed by atoms with E-state index in [1.54, 1.807) is 6.92 Å². The van der Waals surface area contributed by atoms with Crippen molar-refractivity contribution in [3.05, 3.63) is 21.9 Å². The van der Waals surface area contributed by atoms with Gasteiger partial charge in [0.2, 0.25) is 0 Å². The van der Waals surface area contributed by atoms with Gasteiger partial charge < -0.3 is 5.11 Å². The summed E-state index contributed by atoms with van der Waals surface area (Å²) in [5.74, 6) is 16.6. The summed E-state index contributed by atoms with van der Waals surface area (Å²) >= 11 is 7.21. The van der Waals surface area contributed by atoms with Crippen LogP contribution in [0.2, 0.25) is 0 Å². The van der Waals surface area contributed by atoms with E-state index >= 15 is 0 Å². The van der Waals surface area contributed by atoms with E-state index in [0.29, 0.717) is 0 Å². The first-order valence-corrected chi connectivity index (χ1v) is 5.91. The summed E-state index contributed by atoms with van der Waals surface area (Å²) in [6.45, 7) is 1.59. The summed E-state index contributed by atoms with van der Waals surface area (Å²) in [6.07, 6.45) is 0. The molecule has 1 heterocycles. The van der Waals surface area contributed by atoms with Gasteiger partial charge >= 0.3 is 0 Å². The third-order valence-electron chi connectivity index (χ3n) is 1.57. The highest BCUT2D eigenvalue weighted by molar-refractivity contribution is 7.08. The van der Waals surface area contributed by atoms with Gasteiger partial charge in [-0.15, -0.1) is 22.9 Å². The monoisotopic (exact) mass is 248 g/mol. The zero-order valence-electron chi connectivity index (χ0n) is 8.67. The van der Waals surface area contributed by atoms with E-state index in [4.69, 9.17) is 16.7 Å². The van der Waals surface area contributed by atoms with Gasteiger partial charge in [-0.1, -0.05) is 23.7 Å². The summed E-state index contributed by atoms with van der Waals surface area (Å²) in [5.41, 5.74) is 1.68. The SMILES string of the molecule is CC#CC#Cc1cscc1C#CC(Cl)CO. The molecule has 1 nitrogen and oxygen atoms in total. The van der Waals surface area contributed by atoms with Crippen molar-refractivity contribution in [2.24, 2.45) is 0 Å². The second-order valence-corrected chi connectivity index (χ2v) is 4.01. The highest BCUT2D eigenvalue weighted by atomic mass is 35.5. The molecule has 1 aromatic rings. The van der Waals surface area contributed by atoms with Crippen molar-refractivity contribution in [2.75, 3.05) is 6.61 Å². The molecule has 0 aliphatic carbocycles. The normalized spacial score (nSPS) is 9.94. The molecule has 0 aliphatic rings. The molecule has 1 unspecified atom stereocenters. The molecule has 0 fully saturated rings. The number of hydrogen-bond acceptors (Lipinski definition) is 2. The molecule has 0 radical (unpaired) electrons. The van der Waals surface area contributed by atoms with Gasteiger partial charge in [-0.2, -0.15) is 0 Å². The highest BCUT2D eigenvalue weighted by Gasteiger charge is 1.98. The fourth-order valence-electron chi connectivity index (χ4n) is 0.853. The highest BCUT2D eigenvalue weighted by Crippen LogP contribution is 2.12. The van der Waals surface area contributed by atoms with Crippen LogP contribution in [0.25, 0.3) is 0 Å². The molecule has 1 N–H and O–H groups in total. The lowest BCUT2D eigenvalue weighted by atomic mass is 10.2. The van der Waals surface area contributed by atoms with Gasteiger partial charge in [0.1, 0.15) is 5.38 Å². The maximum absolute atomic E-state index is 8.73. The first kappa shape index (κ1) is 12.7. The van der Waals surface area contributed by atoms with Crippen molar-refractivity contribution in [3.63, 3.8) is 0 Å². The van der Waals surface area contributed by atoms with Crippen LogP contribution in [0.1, 0.15) is 18.1 Å².